The van der Waals surface area contributed by atoms with Crippen molar-refractivity contribution in [2.45, 2.75) is 12.8 Å². The van der Waals surface area contributed by atoms with Gasteiger partial charge in [-0.05, 0) is 41.3 Å². The van der Waals surface area contributed by atoms with Crippen LogP contribution in [0.2, 0.25) is 0 Å². The summed E-state index contributed by atoms with van der Waals surface area (Å²) < 4.78 is 0. The minimum Gasteiger partial charge on any atom is -0.478 e. The summed E-state index contributed by atoms with van der Waals surface area (Å²) in [6.45, 7) is 1.11. The van der Waals surface area contributed by atoms with Crippen LogP contribution >= 0.6 is 0 Å². The molecule has 8 heteroatoms. The second kappa shape index (κ2) is 10.4. The maximum absolute atomic E-state index is 12.3. The highest BCUT2D eigenvalue weighted by Crippen LogP contribution is 2.21. The zero-order valence-corrected chi connectivity index (χ0v) is 18.4. The Hall–Kier alpha value is -4.46. The SMILES string of the molecule is O=C(Cc1ccc(-c2ccc(C(=O)O)cc2)cc1)NCCCNc1n[nH]c(=O)c2ccccc12. The highest BCUT2D eigenvalue weighted by molar-refractivity contribution is 5.90. The molecule has 4 aromatic rings. The van der Waals surface area contributed by atoms with Gasteiger partial charge in [-0.15, -0.1) is 0 Å². The Labute approximate surface area is 195 Å². The molecular weight excluding hydrogens is 432 g/mol. The summed E-state index contributed by atoms with van der Waals surface area (Å²) in [5.74, 6) is -0.407. The van der Waals surface area contributed by atoms with Crippen LogP contribution in [-0.2, 0) is 11.2 Å². The molecule has 4 N–H and O–H groups in total. The molecule has 34 heavy (non-hydrogen) atoms. The monoisotopic (exact) mass is 456 g/mol. The average Bonchev–Trinajstić information content (AvgIpc) is 2.86. The number of aromatic nitrogens is 2. The number of carbonyl (C=O) groups excluding carboxylic acids is 1. The van der Waals surface area contributed by atoms with E-state index < -0.39 is 5.97 Å². The lowest BCUT2D eigenvalue weighted by Gasteiger charge is -2.09. The van der Waals surface area contributed by atoms with Gasteiger partial charge in [0.2, 0.25) is 5.91 Å². The number of carboxylic acid groups (broad SMARTS) is 1. The number of benzene rings is 3. The summed E-state index contributed by atoms with van der Waals surface area (Å²) in [4.78, 5) is 35.1. The first-order valence-corrected chi connectivity index (χ1v) is 10.9. The molecule has 0 saturated heterocycles. The highest BCUT2D eigenvalue weighted by atomic mass is 16.4. The van der Waals surface area contributed by atoms with Gasteiger partial charge in [-0.25, -0.2) is 9.89 Å². The number of carboxylic acids is 1. The smallest absolute Gasteiger partial charge is 0.335 e. The second-order valence-corrected chi connectivity index (χ2v) is 7.83. The van der Waals surface area contributed by atoms with Crippen LogP contribution in [-0.4, -0.2) is 40.3 Å². The third kappa shape index (κ3) is 5.47. The molecular formula is C26H24N4O4. The van der Waals surface area contributed by atoms with Crippen molar-refractivity contribution >= 4 is 28.5 Å². The van der Waals surface area contributed by atoms with E-state index in [9.17, 15) is 14.4 Å². The van der Waals surface area contributed by atoms with Crippen LogP contribution in [0.4, 0.5) is 5.82 Å². The van der Waals surface area contributed by atoms with E-state index in [1.807, 2.05) is 42.5 Å². The van der Waals surface area contributed by atoms with E-state index in [4.69, 9.17) is 5.11 Å². The maximum atomic E-state index is 12.3. The van der Waals surface area contributed by atoms with Gasteiger partial charge in [0.15, 0.2) is 5.82 Å². The molecule has 1 aromatic heterocycles. The van der Waals surface area contributed by atoms with Crippen LogP contribution in [0.3, 0.4) is 0 Å². The lowest BCUT2D eigenvalue weighted by atomic mass is 10.0. The summed E-state index contributed by atoms with van der Waals surface area (Å²) >= 11 is 0. The van der Waals surface area contributed by atoms with E-state index >= 15 is 0 Å². The molecule has 1 amide bonds. The highest BCUT2D eigenvalue weighted by Gasteiger charge is 2.07. The minimum absolute atomic E-state index is 0.0637. The van der Waals surface area contributed by atoms with E-state index in [-0.39, 0.29) is 23.5 Å². The normalized spacial score (nSPS) is 10.7. The molecule has 0 aliphatic carbocycles. The van der Waals surface area contributed by atoms with Crippen molar-refractivity contribution < 1.29 is 14.7 Å². The molecule has 0 radical (unpaired) electrons. The van der Waals surface area contributed by atoms with Gasteiger partial charge in [-0.1, -0.05) is 54.6 Å². The number of aromatic amines is 1. The minimum atomic E-state index is -0.953. The van der Waals surface area contributed by atoms with Crippen LogP contribution in [0, 0.1) is 0 Å². The Morgan fingerprint density at radius 1 is 0.853 bits per heavy atom. The van der Waals surface area contributed by atoms with Crippen molar-refractivity contribution in [3.63, 3.8) is 0 Å². The standard InChI is InChI=1S/C26H24N4O4/c31-23(16-17-6-8-18(9-7-17)19-10-12-20(13-11-19)26(33)34)27-14-3-15-28-24-21-4-1-2-5-22(21)25(32)30-29-24/h1-2,4-13H,3,14-16H2,(H,27,31)(H,28,29)(H,30,32)(H,33,34). The van der Waals surface area contributed by atoms with Crippen LogP contribution in [0.5, 0.6) is 0 Å². The fraction of sp³-hybridized carbons (Fsp3) is 0.154. The topological polar surface area (TPSA) is 124 Å². The Morgan fingerprint density at radius 3 is 2.18 bits per heavy atom. The van der Waals surface area contributed by atoms with Gasteiger partial charge in [0.1, 0.15) is 0 Å². The van der Waals surface area contributed by atoms with E-state index in [0.29, 0.717) is 30.7 Å². The summed E-state index contributed by atoms with van der Waals surface area (Å²) in [5.41, 5.74) is 2.78. The second-order valence-electron chi connectivity index (χ2n) is 7.83. The number of hydrogen-bond acceptors (Lipinski definition) is 5. The third-order valence-electron chi connectivity index (χ3n) is 5.45. The zero-order chi connectivity index (χ0) is 23.9. The fourth-order valence-electron chi connectivity index (χ4n) is 3.64. The van der Waals surface area contributed by atoms with Crippen molar-refractivity contribution in [2.75, 3.05) is 18.4 Å². The lowest BCUT2D eigenvalue weighted by molar-refractivity contribution is -0.120. The number of nitrogens with one attached hydrogen (secondary N) is 3. The van der Waals surface area contributed by atoms with E-state index in [1.54, 1.807) is 30.3 Å². The van der Waals surface area contributed by atoms with Crippen LogP contribution in [0.15, 0.2) is 77.6 Å². The fourth-order valence-corrected chi connectivity index (χ4v) is 3.64. The summed E-state index contributed by atoms with van der Waals surface area (Å²) in [5, 5.41) is 23.0. The molecule has 0 saturated carbocycles. The molecule has 4 rings (SSSR count). The van der Waals surface area contributed by atoms with Gasteiger partial charge >= 0.3 is 5.97 Å². The molecule has 172 valence electrons. The summed E-state index contributed by atoms with van der Waals surface area (Å²) in [6.07, 6.45) is 0.976. The van der Waals surface area contributed by atoms with Crippen molar-refractivity contribution in [2.24, 2.45) is 0 Å². The van der Waals surface area contributed by atoms with Crippen molar-refractivity contribution in [3.8, 4) is 11.1 Å². The van der Waals surface area contributed by atoms with Crippen LogP contribution in [0.25, 0.3) is 21.9 Å². The molecule has 0 atom stereocenters. The van der Waals surface area contributed by atoms with Crippen molar-refractivity contribution in [1.82, 2.24) is 15.5 Å². The number of amides is 1. The van der Waals surface area contributed by atoms with E-state index in [0.717, 1.165) is 22.1 Å². The number of carbonyl (C=O) groups is 2. The molecule has 1 heterocycles. The van der Waals surface area contributed by atoms with Crippen molar-refractivity contribution in [3.05, 3.63) is 94.3 Å². The number of nitrogens with zero attached hydrogens (tertiary/aromatic N) is 1. The Morgan fingerprint density at radius 2 is 1.50 bits per heavy atom. The van der Waals surface area contributed by atoms with Crippen molar-refractivity contribution in [1.29, 1.82) is 0 Å². The Kier molecular flexibility index (Phi) is 6.98. The van der Waals surface area contributed by atoms with Gasteiger partial charge in [-0.2, -0.15) is 5.10 Å². The maximum Gasteiger partial charge on any atom is 0.335 e. The zero-order valence-electron chi connectivity index (χ0n) is 18.4. The number of aromatic carboxylic acids is 1. The first-order valence-electron chi connectivity index (χ1n) is 10.9. The Bertz CT molecular complexity index is 1360. The first-order chi connectivity index (χ1) is 16.5. The predicted molar refractivity (Wildman–Crippen MR) is 131 cm³/mol. The average molecular weight is 457 g/mol. The number of hydrogen-bond donors (Lipinski definition) is 4. The lowest BCUT2D eigenvalue weighted by Crippen LogP contribution is -2.27. The predicted octanol–water partition coefficient (Wildman–Crippen LogP) is 3.45. The number of anilines is 1. The molecule has 8 nitrogen and oxygen atoms in total. The number of fused-ring (bicyclic) bond motifs is 1. The largest absolute Gasteiger partial charge is 0.478 e. The molecule has 0 bridgehead atoms. The molecule has 0 aliphatic heterocycles. The van der Waals surface area contributed by atoms with Gasteiger partial charge in [0.25, 0.3) is 5.56 Å². The van der Waals surface area contributed by atoms with Gasteiger partial charge in [-0.3, -0.25) is 9.59 Å². The van der Waals surface area contributed by atoms with E-state index in [2.05, 4.69) is 20.8 Å². The molecule has 3 aromatic carbocycles. The summed E-state index contributed by atoms with van der Waals surface area (Å²) in [6, 6.07) is 21.6. The van der Waals surface area contributed by atoms with Gasteiger partial charge < -0.3 is 15.7 Å². The number of H-pyrrole nitrogens is 1. The quantitative estimate of drug-likeness (QED) is 0.286. The first kappa shape index (κ1) is 22.7. The van der Waals surface area contributed by atoms with Gasteiger partial charge in [0.05, 0.1) is 17.4 Å². The Balaban J connectivity index is 1.23. The molecule has 0 spiro atoms. The summed E-state index contributed by atoms with van der Waals surface area (Å²) in [7, 11) is 0. The van der Waals surface area contributed by atoms with Crippen LogP contribution in [0.1, 0.15) is 22.3 Å². The van der Waals surface area contributed by atoms with Crippen LogP contribution < -0.4 is 16.2 Å². The van der Waals surface area contributed by atoms with Gasteiger partial charge in [0, 0.05) is 18.5 Å². The molecule has 0 unspecified atom stereocenters. The van der Waals surface area contributed by atoms with E-state index in [1.165, 1.54) is 0 Å². The third-order valence-corrected chi connectivity index (χ3v) is 5.45. The number of rotatable bonds is 9. The molecule has 0 fully saturated rings. The molecule has 0 aliphatic rings.